The molecule has 2 aliphatic rings. The minimum atomic E-state index is -0.135. The van der Waals surface area contributed by atoms with E-state index in [2.05, 4.69) is 5.32 Å². The molecule has 0 saturated heterocycles. The third-order valence-electron chi connectivity index (χ3n) is 3.91. The van der Waals surface area contributed by atoms with Crippen molar-refractivity contribution in [2.75, 3.05) is 7.05 Å². The molecule has 0 aromatic carbocycles. The van der Waals surface area contributed by atoms with Crippen LogP contribution in [0.3, 0.4) is 0 Å². The number of nitrogens with one attached hydrogen (secondary N) is 1. The molecule has 2 rings (SSSR count). The van der Waals surface area contributed by atoms with Crippen LogP contribution >= 0.6 is 0 Å². The smallest absolute Gasteiger partial charge is 0.222 e. The molecule has 3 nitrogen and oxygen atoms in total. The molecule has 80 valence electrons. The maximum atomic E-state index is 11.5. The zero-order valence-corrected chi connectivity index (χ0v) is 8.70. The number of hydrogen-bond acceptors (Lipinski definition) is 2. The second-order valence-corrected chi connectivity index (χ2v) is 4.72. The lowest BCUT2D eigenvalue weighted by Gasteiger charge is -2.42. The van der Waals surface area contributed by atoms with Crippen molar-refractivity contribution in [3.8, 4) is 0 Å². The molecule has 0 spiro atoms. The minimum Gasteiger partial charge on any atom is -0.393 e. The summed E-state index contributed by atoms with van der Waals surface area (Å²) in [6, 6.07) is 0. The van der Waals surface area contributed by atoms with Gasteiger partial charge in [-0.15, -0.1) is 0 Å². The van der Waals surface area contributed by atoms with Crippen LogP contribution in [0.2, 0.25) is 0 Å². The molecular weight excluding hydrogens is 178 g/mol. The summed E-state index contributed by atoms with van der Waals surface area (Å²) in [7, 11) is 1.70. The van der Waals surface area contributed by atoms with E-state index in [9.17, 15) is 9.90 Å². The number of carbonyl (C=O) groups is 1. The molecule has 2 saturated carbocycles. The van der Waals surface area contributed by atoms with Gasteiger partial charge >= 0.3 is 0 Å². The van der Waals surface area contributed by atoms with Crippen LogP contribution in [0.4, 0.5) is 0 Å². The summed E-state index contributed by atoms with van der Waals surface area (Å²) in [5.41, 5.74) is 0. The second kappa shape index (κ2) is 3.89. The van der Waals surface area contributed by atoms with Crippen molar-refractivity contribution in [3.63, 3.8) is 0 Å². The predicted octanol–water partition coefficient (Wildman–Crippen LogP) is 0.920. The second-order valence-electron chi connectivity index (χ2n) is 4.72. The van der Waals surface area contributed by atoms with Crippen LogP contribution in [0.5, 0.6) is 0 Å². The Hall–Kier alpha value is -0.570. The van der Waals surface area contributed by atoms with Crippen molar-refractivity contribution in [1.29, 1.82) is 0 Å². The third-order valence-corrected chi connectivity index (χ3v) is 3.91. The van der Waals surface area contributed by atoms with Crippen LogP contribution in [0, 0.1) is 17.8 Å². The Labute approximate surface area is 84.9 Å². The Kier molecular flexibility index (Phi) is 2.77. The van der Waals surface area contributed by atoms with Gasteiger partial charge in [0.1, 0.15) is 0 Å². The summed E-state index contributed by atoms with van der Waals surface area (Å²) < 4.78 is 0. The normalized spacial score (nSPS) is 41.9. The maximum absolute atomic E-state index is 11.5. The van der Waals surface area contributed by atoms with Crippen molar-refractivity contribution < 1.29 is 9.90 Å². The first-order valence-corrected chi connectivity index (χ1v) is 5.62. The highest BCUT2D eigenvalue weighted by Gasteiger charge is 2.41. The van der Waals surface area contributed by atoms with Crippen LogP contribution in [-0.4, -0.2) is 24.2 Å². The third kappa shape index (κ3) is 1.65. The molecule has 2 fully saturated rings. The van der Waals surface area contributed by atoms with Gasteiger partial charge in [0.15, 0.2) is 0 Å². The van der Waals surface area contributed by atoms with Crippen LogP contribution in [-0.2, 0) is 4.79 Å². The number of carbonyl (C=O) groups excluding carboxylic acids is 1. The number of aliphatic hydroxyl groups excluding tert-OH is 1. The molecule has 0 aromatic heterocycles. The van der Waals surface area contributed by atoms with Gasteiger partial charge in [0.05, 0.1) is 6.10 Å². The van der Waals surface area contributed by atoms with Gasteiger partial charge in [0.2, 0.25) is 5.91 Å². The van der Waals surface area contributed by atoms with E-state index in [1.807, 2.05) is 0 Å². The van der Waals surface area contributed by atoms with Crippen LogP contribution in [0.25, 0.3) is 0 Å². The van der Waals surface area contributed by atoms with E-state index in [0.29, 0.717) is 11.8 Å². The Balaban J connectivity index is 2.03. The number of fused-ring (bicyclic) bond motifs is 2. The Morgan fingerprint density at radius 3 is 2.36 bits per heavy atom. The molecule has 3 heteroatoms. The molecule has 1 amide bonds. The quantitative estimate of drug-likeness (QED) is 0.656. The van der Waals surface area contributed by atoms with E-state index in [-0.39, 0.29) is 17.9 Å². The number of amides is 1. The van der Waals surface area contributed by atoms with Crippen molar-refractivity contribution in [2.45, 2.75) is 38.2 Å². The molecule has 14 heavy (non-hydrogen) atoms. The summed E-state index contributed by atoms with van der Waals surface area (Å²) in [6.07, 6.45) is 5.07. The molecule has 0 radical (unpaired) electrons. The van der Waals surface area contributed by atoms with Gasteiger partial charge in [-0.1, -0.05) is 6.42 Å². The molecule has 2 unspecified atom stereocenters. The van der Waals surface area contributed by atoms with Crippen molar-refractivity contribution in [2.24, 2.45) is 17.8 Å². The number of hydrogen-bond donors (Lipinski definition) is 2. The Morgan fingerprint density at radius 1 is 1.29 bits per heavy atom. The molecule has 0 heterocycles. The first-order chi connectivity index (χ1) is 6.72. The minimum absolute atomic E-state index is 0.135. The van der Waals surface area contributed by atoms with E-state index in [0.717, 1.165) is 25.7 Å². The summed E-state index contributed by atoms with van der Waals surface area (Å²) in [5, 5.41) is 12.6. The van der Waals surface area contributed by atoms with E-state index in [1.54, 1.807) is 7.05 Å². The lowest BCUT2D eigenvalue weighted by atomic mass is 9.66. The van der Waals surface area contributed by atoms with Gasteiger partial charge < -0.3 is 10.4 Å². The van der Waals surface area contributed by atoms with E-state index >= 15 is 0 Å². The number of rotatable bonds is 1. The van der Waals surface area contributed by atoms with Crippen LogP contribution in [0.1, 0.15) is 32.1 Å². The van der Waals surface area contributed by atoms with E-state index in [4.69, 9.17) is 0 Å². The average molecular weight is 197 g/mol. The van der Waals surface area contributed by atoms with Gasteiger partial charge in [-0.05, 0) is 37.5 Å². The fraction of sp³-hybridized carbons (Fsp3) is 0.909. The largest absolute Gasteiger partial charge is 0.393 e. The average Bonchev–Trinajstić information content (AvgIpc) is 2.16. The zero-order valence-electron chi connectivity index (χ0n) is 8.70. The molecule has 2 bridgehead atoms. The highest BCUT2D eigenvalue weighted by atomic mass is 16.3. The predicted molar refractivity (Wildman–Crippen MR) is 53.6 cm³/mol. The Morgan fingerprint density at radius 2 is 1.86 bits per heavy atom. The standard InChI is InChI=1S/C11H19NO2/c1-12-11(14)9-5-7-3-2-4-8(6-9)10(7)13/h7-10,13H,2-6H2,1H3,(H,12,14). The molecule has 2 atom stereocenters. The highest BCUT2D eigenvalue weighted by molar-refractivity contribution is 5.78. The van der Waals surface area contributed by atoms with Crippen molar-refractivity contribution in [3.05, 3.63) is 0 Å². The topological polar surface area (TPSA) is 49.3 Å². The number of aliphatic hydroxyl groups is 1. The van der Waals surface area contributed by atoms with E-state index < -0.39 is 0 Å². The molecule has 0 aromatic rings. The molecule has 2 aliphatic carbocycles. The summed E-state index contributed by atoms with van der Waals surface area (Å²) >= 11 is 0. The molecule has 0 aliphatic heterocycles. The SMILES string of the molecule is CNC(=O)C1CC2CCCC(C1)C2O. The van der Waals surface area contributed by atoms with Gasteiger partial charge in [-0.2, -0.15) is 0 Å². The van der Waals surface area contributed by atoms with E-state index in [1.165, 1.54) is 6.42 Å². The zero-order chi connectivity index (χ0) is 10.1. The van der Waals surface area contributed by atoms with Crippen LogP contribution < -0.4 is 5.32 Å². The first kappa shape index (κ1) is 9.97. The van der Waals surface area contributed by atoms with Crippen LogP contribution in [0.15, 0.2) is 0 Å². The fourth-order valence-electron chi connectivity index (χ4n) is 3.13. The lowest BCUT2D eigenvalue weighted by Crippen LogP contribution is -2.44. The highest BCUT2D eigenvalue weighted by Crippen LogP contribution is 2.42. The monoisotopic (exact) mass is 197 g/mol. The van der Waals surface area contributed by atoms with Crippen molar-refractivity contribution >= 4 is 5.91 Å². The van der Waals surface area contributed by atoms with Crippen molar-refractivity contribution in [1.82, 2.24) is 5.32 Å². The van der Waals surface area contributed by atoms with Gasteiger partial charge in [-0.3, -0.25) is 4.79 Å². The summed E-state index contributed by atoms with van der Waals surface area (Å²) in [5.74, 6) is 1.07. The first-order valence-electron chi connectivity index (χ1n) is 5.62. The summed E-state index contributed by atoms with van der Waals surface area (Å²) in [4.78, 5) is 11.5. The van der Waals surface area contributed by atoms with Gasteiger partial charge in [0.25, 0.3) is 0 Å². The maximum Gasteiger partial charge on any atom is 0.222 e. The molecular formula is C11H19NO2. The lowest BCUT2D eigenvalue weighted by molar-refractivity contribution is -0.130. The van der Waals surface area contributed by atoms with Gasteiger partial charge in [0, 0.05) is 13.0 Å². The summed E-state index contributed by atoms with van der Waals surface area (Å²) in [6.45, 7) is 0. The van der Waals surface area contributed by atoms with Gasteiger partial charge in [-0.25, -0.2) is 0 Å². The fourth-order valence-corrected chi connectivity index (χ4v) is 3.13. The Bertz CT molecular complexity index is 215. The molecule has 2 N–H and O–H groups in total.